The van der Waals surface area contributed by atoms with Crippen molar-refractivity contribution in [2.45, 2.75) is 25.3 Å². The van der Waals surface area contributed by atoms with Gasteiger partial charge in [0.2, 0.25) is 0 Å². The Labute approximate surface area is 71.6 Å². The SMILES string of the molecule is N[C@@H](CO)CCCCNC(=O)O. The maximum atomic E-state index is 9.98. The molecule has 5 heteroatoms. The van der Waals surface area contributed by atoms with Gasteiger partial charge < -0.3 is 21.3 Å². The molecule has 0 spiro atoms. The predicted octanol–water partition coefficient (Wildman–Crippen LogP) is -0.256. The van der Waals surface area contributed by atoms with Crippen LogP contribution in [-0.2, 0) is 0 Å². The fraction of sp³-hybridized carbons (Fsp3) is 0.857. The molecule has 0 radical (unpaired) electrons. The van der Waals surface area contributed by atoms with Crippen LogP contribution in [0.15, 0.2) is 0 Å². The van der Waals surface area contributed by atoms with Crippen LogP contribution in [0.5, 0.6) is 0 Å². The average Bonchev–Trinajstić information content (AvgIpc) is 2.03. The molecule has 0 saturated carbocycles. The molecule has 0 unspecified atom stereocenters. The van der Waals surface area contributed by atoms with E-state index >= 15 is 0 Å². The molecule has 5 N–H and O–H groups in total. The Morgan fingerprint density at radius 2 is 2.17 bits per heavy atom. The summed E-state index contributed by atoms with van der Waals surface area (Å²) in [5.74, 6) is 0. The van der Waals surface area contributed by atoms with Crippen LogP contribution in [0.2, 0.25) is 0 Å². The van der Waals surface area contributed by atoms with Crippen molar-refractivity contribution < 1.29 is 15.0 Å². The summed E-state index contributed by atoms with van der Waals surface area (Å²) in [7, 11) is 0. The van der Waals surface area contributed by atoms with Crippen LogP contribution in [0.1, 0.15) is 19.3 Å². The van der Waals surface area contributed by atoms with Crippen LogP contribution in [0.25, 0.3) is 0 Å². The summed E-state index contributed by atoms with van der Waals surface area (Å²) in [6, 6.07) is -0.171. The molecule has 12 heavy (non-hydrogen) atoms. The normalized spacial score (nSPS) is 12.5. The number of hydrogen-bond acceptors (Lipinski definition) is 3. The molecular weight excluding hydrogens is 160 g/mol. The molecule has 1 atom stereocenters. The number of carbonyl (C=O) groups is 1. The van der Waals surface area contributed by atoms with Gasteiger partial charge in [-0.1, -0.05) is 6.42 Å². The highest BCUT2D eigenvalue weighted by atomic mass is 16.4. The predicted molar refractivity (Wildman–Crippen MR) is 44.9 cm³/mol. The van der Waals surface area contributed by atoms with Gasteiger partial charge in [-0.15, -0.1) is 0 Å². The van der Waals surface area contributed by atoms with Crippen LogP contribution in [-0.4, -0.2) is 35.5 Å². The van der Waals surface area contributed by atoms with Gasteiger partial charge in [0.1, 0.15) is 0 Å². The summed E-state index contributed by atoms with van der Waals surface area (Å²) in [5, 5.41) is 19.0. The first-order valence-corrected chi connectivity index (χ1v) is 4.00. The summed E-state index contributed by atoms with van der Waals surface area (Å²) in [5.41, 5.74) is 5.43. The summed E-state index contributed by atoms with van der Waals surface area (Å²) in [6.07, 6.45) is 1.33. The molecule has 0 bridgehead atoms. The Bertz CT molecular complexity index is 130. The molecule has 0 aromatic heterocycles. The molecule has 0 aliphatic carbocycles. The molecule has 0 heterocycles. The lowest BCUT2D eigenvalue weighted by Crippen LogP contribution is -2.25. The van der Waals surface area contributed by atoms with Crippen molar-refractivity contribution in [3.63, 3.8) is 0 Å². The van der Waals surface area contributed by atoms with Crippen LogP contribution in [0, 0.1) is 0 Å². The van der Waals surface area contributed by atoms with Gasteiger partial charge in [0.15, 0.2) is 0 Å². The molecule has 0 saturated heterocycles. The van der Waals surface area contributed by atoms with E-state index in [-0.39, 0.29) is 12.6 Å². The molecule has 0 aromatic rings. The van der Waals surface area contributed by atoms with Crippen LogP contribution < -0.4 is 11.1 Å². The Morgan fingerprint density at radius 3 is 2.67 bits per heavy atom. The minimum atomic E-state index is -0.999. The lowest BCUT2D eigenvalue weighted by molar-refractivity contribution is 0.194. The molecule has 0 aromatic carbocycles. The lowest BCUT2D eigenvalue weighted by Gasteiger charge is -2.06. The molecular formula is C7H16N2O3. The zero-order valence-electron chi connectivity index (χ0n) is 6.99. The minimum Gasteiger partial charge on any atom is -0.465 e. The fourth-order valence-electron chi connectivity index (χ4n) is 0.818. The molecule has 0 aliphatic heterocycles. The maximum Gasteiger partial charge on any atom is 0.404 e. The van der Waals surface area contributed by atoms with Crippen molar-refractivity contribution in [3.8, 4) is 0 Å². The van der Waals surface area contributed by atoms with Crippen molar-refractivity contribution >= 4 is 6.09 Å². The maximum absolute atomic E-state index is 9.98. The topological polar surface area (TPSA) is 95.6 Å². The van der Waals surface area contributed by atoms with E-state index in [0.717, 1.165) is 19.3 Å². The van der Waals surface area contributed by atoms with Gasteiger partial charge in [-0.3, -0.25) is 0 Å². The van der Waals surface area contributed by atoms with E-state index in [9.17, 15) is 4.79 Å². The molecule has 1 amide bonds. The fourth-order valence-corrected chi connectivity index (χ4v) is 0.818. The number of rotatable bonds is 6. The van der Waals surface area contributed by atoms with E-state index in [2.05, 4.69) is 5.32 Å². The second-order valence-electron chi connectivity index (χ2n) is 2.67. The quantitative estimate of drug-likeness (QED) is 0.419. The third kappa shape index (κ3) is 7.30. The molecule has 0 fully saturated rings. The Balaban J connectivity index is 3.05. The van der Waals surface area contributed by atoms with Crippen molar-refractivity contribution in [1.82, 2.24) is 5.32 Å². The number of carboxylic acid groups (broad SMARTS) is 1. The van der Waals surface area contributed by atoms with Crippen LogP contribution in [0.3, 0.4) is 0 Å². The summed E-state index contributed by atoms with van der Waals surface area (Å²) >= 11 is 0. The van der Waals surface area contributed by atoms with Crippen molar-refractivity contribution in [3.05, 3.63) is 0 Å². The van der Waals surface area contributed by atoms with E-state index in [0.29, 0.717) is 6.54 Å². The standard InChI is InChI=1S/C7H16N2O3/c8-6(5-10)3-1-2-4-9-7(11)12/h6,9-10H,1-5,8H2,(H,11,12)/t6-/m1/s1. The van der Waals surface area contributed by atoms with Crippen LogP contribution >= 0.6 is 0 Å². The molecule has 0 aliphatic rings. The second-order valence-corrected chi connectivity index (χ2v) is 2.67. The number of amides is 1. The first-order valence-electron chi connectivity index (χ1n) is 4.00. The number of nitrogens with two attached hydrogens (primary N) is 1. The highest BCUT2D eigenvalue weighted by Gasteiger charge is 1.99. The van der Waals surface area contributed by atoms with Gasteiger partial charge in [0, 0.05) is 12.6 Å². The Hall–Kier alpha value is -0.810. The first kappa shape index (κ1) is 11.2. The van der Waals surface area contributed by atoms with E-state index in [4.69, 9.17) is 15.9 Å². The van der Waals surface area contributed by atoms with Crippen molar-refractivity contribution in [2.75, 3.05) is 13.2 Å². The Kier molecular flexibility index (Phi) is 6.41. The van der Waals surface area contributed by atoms with Gasteiger partial charge in [-0.05, 0) is 12.8 Å². The number of unbranched alkanes of at least 4 members (excludes halogenated alkanes) is 1. The van der Waals surface area contributed by atoms with Gasteiger partial charge in [0.25, 0.3) is 0 Å². The van der Waals surface area contributed by atoms with E-state index in [1.54, 1.807) is 0 Å². The zero-order chi connectivity index (χ0) is 9.40. The third-order valence-electron chi connectivity index (χ3n) is 1.51. The monoisotopic (exact) mass is 176 g/mol. The first-order chi connectivity index (χ1) is 5.66. The molecule has 0 rings (SSSR count). The van der Waals surface area contributed by atoms with Gasteiger partial charge in [-0.25, -0.2) is 4.79 Å². The van der Waals surface area contributed by atoms with E-state index in [1.807, 2.05) is 0 Å². The Morgan fingerprint density at radius 1 is 1.50 bits per heavy atom. The lowest BCUT2D eigenvalue weighted by atomic mass is 10.1. The van der Waals surface area contributed by atoms with Gasteiger partial charge in [0.05, 0.1) is 6.61 Å². The number of aliphatic hydroxyl groups excluding tert-OH is 1. The summed E-state index contributed by atoms with van der Waals surface area (Å²) in [4.78, 5) is 9.98. The molecule has 72 valence electrons. The second kappa shape index (κ2) is 6.87. The largest absolute Gasteiger partial charge is 0.465 e. The van der Waals surface area contributed by atoms with Crippen molar-refractivity contribution in [2.24, 2.45) is 5.73 Å². The summed E-state index contributed by atoms with van der Waals surface area (Å²) < 4.78 is 0. The number of hydrogen-bond donors (Lipinski definition) is 4. The molecule has 5 nitrogen and oxygen atoms in total. The van der Waals surface area contributed by atoms with Gasteiger partial charge in [-0.2, -0.15) is 0 Å². The van der Waals surface area contributed by atoms with E-state index < -0.39 is 6.09 Å². The number of nitrogens with one attached hydrogen (secondary N) is 1. The average molecular weight is 176 g/mol. The van der Waals surface area contributed by atoms with Gasteiger partial charge >= 0.3 is 6.09 Å². The van der Waals surface area contributed by atoms with Crippen LogP contribution in [0.4, 0.5) is 4.79 Å². The third-order valence-corrected chi connectivity index (χ3v) is 1.51. The summed E-state index contributed by atoms with van der Waals surface area (Å²) in [6.45, 7) is 0.444. The number of aliphatic hydroxyl groups is 1. The minimum absolute atomic E-state index is 0.00758. The highest BCUT2D eigenvalue weighted by molar-refractivity contribution is 5.64. The smallest absolute Gasteiger partial charge is 0.404 e. The highest BCUT2D eigenvalue weighted by Crippen LogP contribution is 1.96. The zero-order valence-corrected chi connectivity index (χ0v) is 6.99. The van der Waals surface area contributed by atoms with E-state index in [1.165, 1.54) is 0 Å². The van der Waals surface area contributed by atoms with Crippen molar-refractivity contribution in [1.29, 1.82) is 0 Å².